The van der Waals surface area contributed by atoms with Gasteiger partial charge in [-0.25, -0.2) is 4.98 Å². The maximum atomic E-state index is 13.6. The van der Waals surface area contributed by atoms with Gasteiger partial charge in [0.15, 0.2) is 11.0 Å². The third-order valence-corrected chi connectivity index (χ3v) is 5.86. The van der Waals surface area contributed by atoms with E-state index < -0.39 is 0 Å². The number of thiophene rings is 1. The van der Waals surface area contributed by atoms with Crippen molar-refractivity contribution in [3.63, 3.8) is 0 Å². The third kappa shape index (κ3) is 2.69. The predicted octanol–water partition coefficient (Wildman–Crippen LogP) is 5.43. The normalized spacial score (nSPS) is 11.5. The SMILES string of the molecule is Fc1ccc(-c2cccc3[nH]c(-c4n[nH]c5cnc(-c6ccccn6)cc45)nc23)s1. The van der Waals surface area contributed by atoms with Gasteiger partial charge < -0.3 is 4.98 Å². The van der Waals surface area contributed by atoms with Crippen LogP contribution in [0, 0.1) is 5.13 Å². The van der Waals surface area contributed by atoms with Crippen molar-refractivity contribution < 1.29 is 4.39 Å². The van der Waals surface area contributed by atoms with E-state index in [0.29, 0.717) is 11.5 Å². The second-order valence-corrected chi connectivity index (χ2v) is 7.83. The molecule has 0 bridgehead atoms. The van der Waals surface area contributed by atoms with Crippen molar-refractivity contribution in [1.29, 1.82) is 0 Å². The fourth-order valence-electron chi connectivity index (χ4n) is 3.55. The molecule has 0 saturated carbocycles. The first-order valence-electron chi connectivity index (χ1n) is 9.26. The molecule has 1 aromatic carbocycles. The van der Waals surface area contributed by atoms with Crippen LogP contribution in [0.15, 0.2) is 67.0 Å². The van der Waals surface area contributed by atoms with E-state index in [1.54, 1.807) is 18.5 Å². The van der Waals surface area contributed by atoms with Gasteiger partial charge in [-0.05, 0) is 36.4 Å². The molecule has 0 saturated heterocycles. The number of nitrogens with zero attached hydrogens (tertiary/aromatic N) is 4. The van der Waals surface area contributed by atoms with Gasteiger partial charge in [0, 0.05) is 22.0 Å². The first kappa shape index (κ1) is 17.0. The summed E-state index contributed by atoms with van der Waals surface area (Å²) in [6.07, 6.45) is 3.49. The second-order valence-electron chi connectivity index (χ2n) is 6.79. The van der Waals surface area contributed by atoms with Crippen LogP contribution >= 0.6 is 11.3 Å². The number of imidazole rings is 1. The van der Waals surface area contributed by atoms with Gasteiger partial charge in [0.1, 0.15) is 5.69 Å². The summed E-state index contributed by atoms with van der Waals surface area (Å²) in [5.74, 6) is 0.638. The lowest BCUT2D eigenvalue weighted by atomic mass is 10.1. The number of nitrogens with one attached hydrogen (secondary N) is 2. The predicted molar refractivity (Wildman–Crippen MR) is 115 cm³/mol. The van der Waals surface area contributed by atoms with E-state index >= 15 is 0 Å². The van der Waals surface area contributed by atoms with Crippen molar-refractivity contribution in [2.75, 3.05) is 0 Å². The van der Waals surface area contributed by atoms with Crippen LogP contribution in [0.2, 0.25) is 0 Å². The second kappa shape index (κ2) is 6.57. The largest absolute Gasteiger partial charge is 0.337 e. The molecule has 0 spiro atoms. The fourth-order valence-corrected chi connectivity index (χ4v) is 4.31. The van der Waals surface area contributed by atoms with Crippen LogP contribution in [-0.2, 0) is 0 Å². The molecule has 0 aliphatic heterocycles. The smallest absolute Gasteiger partial charge is 0.176 e. The lowest BCUT2D eigenvalue weighted by molar-refractivity contribution is 0.657. The van der Waals surface area contributed by atoms with Crippen molar-refractivity contribution in [2.45, 2.75) is 0 Å². The summed E-state index contributed by atoms with van der Waals surface area (Å²) in [4.78, 5) is 17.9. The zero-order valence-corrected chi connectivity index (χ0v) is 16.2. The Bertz CT molecular complexity index is 1520. The molecular weight excluding hydrogens is 399 g/mol. The van der Waals surface area contributed by atoms with Gasteiger partial charge in [-0.1, -0.05) is 18.2 Å². The Balaban J connectivity index is 1.52. The summed E-state index contributed by atoms with van der Waals surface area (Å²) < 4.78 is 13.6. The number of hydrogen-bond acceptors (Lipinski definition) is 5. The van der Waals surface area contributed by atoms with Gasteiger partial charge in [0.25, 0.3) is 0 Å². The molecule has 6 rings (SSSR count). The lowest BCUT2D eigenvalue weighted by Crippen LogP contribution is -1.87. The molecule has 0 fully saturated rings. The highest BCUT2D eigenvalue weighted by Gasteiger charge is 2.17. The van der Waals surface area contributed by atoms with Crippen LogP contribution in [0.1, 0.15) is 0 Å². The maximum absolute atomic E-state index is 13.6. The first-order valence-corrected chi connectivity index (χ1v) is 10.1. The van der Waals surface area contributed by atoms with E-state index in [1.807, 2.05) is 42.5 Å². The van der Waals surface area contributed by atoms with E-state index in [9.17, 15) is 4.39 Å². The number of fused-ring (bicyclic) bond motifs is 2. The van der Waals surface area contributed by atoms with Crippen LogP contribution in [0.25, 0.3) is 55.3 Å². The van der Waals surface area contributed by atoms with Gasteiger partial charge in [-0.2, -0.15) is 9.49 Å². The monoisotopic (exact) mass is 412 g/mol. The summed E-state index contributed by atoms with van der Waals surface area (Å²) in [6.45, 7) is 0. The summed E-state index contributed by atoms with van der Waals surface area (Å²) in [7, 11) is 0. The van der Waals surface area contributed by atoms with Gasteiger partial charge >= 0.3 is 0 Å². The van der Waals surface area contributed by atoms with E-state index in [1.165, 1.54) is 6.07 Å². The molecule has 30 heavy (non-hydrogen) atoms. The number of para-hydroxylation sites is 1. The minimum absolute atomic E-state index is 0.217. The molecule has 6 aromatic rings. The Morgan fingerprint density at radius 2 is 1.87 bits per heavy atom. The van der Waals surface area contributed by atoms with Crippen LogP contribution in [-0.4, -0.2) is 30.1 Å². The number of aromatic nitrogens is 6. The summed E-state index contributed by atoms with van der Waals surface area (Å²) in [5.41, 5.74) is 5.60. The molecule has 0 aliphatic carbocycles. The van der Waals surface area contributed by atoms with Crippen molar-refractivity contribution in [3.8, 4) is 33.3 Å². The highest BCUT2D eigenvalue weighted by Crippen LogP contribution is 2.34. The molecule has 0 radical (unpaired) electrons. The molecule has 6 nitrogen and oxygen atoms in total. The zero-order valence-electron chi connectivity index (χ0n) is 15.4. The van der Waals surface area contributed by atoms with Crippen LogP contribution < -0.4 is 0 Å². The maximum Gasteiger partial charge on any atom is 0.176 e. The minimum Gasteiger partial charge on any atom is -0.337 e. The quantitative estimate of drug-likeness (QED) is 0.406. The number of hydrogen-bond donors (Lipinski definition) is 2. The number of rotatable bonds is 3. The Kier molecular flexibility index (Phi) is 3.72. The average molecular weight is 412 g/mol. The Labute approximate surface area is 173 Å². The summed E-state index contributed by atoms with van der Waals surface area (Å²) in [5, 5.41) is 8.16. The molecule has 0 amide bonds. The van der Waals surface area contributed by atoms with E-state index in [-0.39, 0.29) is 5.13 Å². The van der Waals surface area contributed by atoms with Gasteiger partial charge in [0.2, 0.25) is 0 Å². The molecule has 5 heterocycles. The Hall–Kier alpha value is -3.91. The molecule has 2 N–H and O–H groups in total. The number of aromatic amines is 2. The van der Waals surface area contributed by atoms with Crippen molar-refractivity contribution in [3.05, 3.63) is 72.1 Å². The van der Waals surface area contributed by atoms with E-state index in [2.05, 4.69) is 25.1 Å². The average Bonchev–Trinajstić information content (AvgIpc) is 3.51. The molecule has 0 atom stereocenters. The first-order chi connectivity index (χ1) is 14.8. The van der Waals surface area contributed by atoms with Crippen LogP contribution in [0.4, 0.5) is 4.39 Å². The molecule has 5 aromatic heterocycles. The molecule has 0 unspecified atom stereocenters. The number of H-pyrrole nitrogens is 2. The molecule has 8 heteroatoms. The Morgan fingerprint density at radius 1 is 0.900 bits per heavy atom. The zero-order chi connectivity index (χ0) is 20.1. The van der Waals surface area contributed by atoms with Gasteiger partial charge in [-0.15, -0.1) is 11.3 Å². The molecular formula is C22H13FN6S. The Morgan fingerprint density at radius 3 is 2.70 bits per heavy atom. The topological polar surface area (TPSA) is 83.1 Å². The number of pyridine rings is 2. The minimum atomic E-state index is -0.217. The van der Waals surface area contributed by atoms with Crippen LogP contribution in [0.3, 0.4) is 0 Å². The van der Waals surface area contributed by atoms with Crippen molar-refractivity contribution >= 4 is 33.3 Å². The summed E-state index contributed by atoms with van der Waals surface area (Å²) >= 11 is 1.11. The third-order valence-electron chi connectivity index (χ3n) is 4.95. The van der Waals surface area contributed by atoms with Crippen molar-refractivity contribution in [1.82, 2.24) is 30.1 Å². The highest BCUT2D eigenvalue weighted by atomic mass is 32.1. The summed E-state index contributed by atoms with van der Waals surface area (Å²) in [6, 6.07) is 16.8. The van der Waals surface area contributed by atoms with Gasteiger partial charge in [-0.3, -0.25) is 15.1 Å². The fraction of sp³-hybridized carbons (Fsp3) is 0. The lowest BCUT2D eigenvalue weighted by Gasteiger charge is -2.00. The molecule has 0 aliphatic rings. The number of benzene rings is 1. The highest BCUT2D eigenvalue weighted by molar-refractivity contribution is 7.14. The van der Waals surface area contributed by atoms with Crippen LogP contribution in [0.5, 0.6) is 0 Å². The van der Waals surface area contributed by atoms with E-state index in [4.69, 9.17) is 4.98 Å². The van der Waals surface area contributed by atoms with Gasteiger partial charge in [0.05, 0.1) is 34.1 Å². The van der Waals surface area contributed by atoms with Crippen molar-refractivity contribution in [2.24, 2.45) is 0 Å². The standard InChI is InChI=1S/C22H13FN6S/c23-19-8-7-18(30-19)12-4-3-6-15-20(12)27-22(26-15)21-13-10-16(14-5-1-2-9-24-14)25-11-17(13)28-29-21/h1-11H,(H,26,27)(H,28,29). The number of halogens is 1. The van der Waals surface area contributed by atoms with E-state index in [0.717, 1.165) is 55.1 Å². The molecule has 144 valence electrons.